The van der Waals surface area contributed by atoms with E-state index in [1.807, 2.05) is 0 Å². The minimum absolute atomic E-state index is 0.261. The molecule has 0 saturated heterocycles. The molecule has 0 spiro atoms. The monoisotopic (exact) mass is 355 g/mol. The van der Waals surface area contributed by atoms with Gasteiger partial charge in [-0.2, -0.15) is 0 Å². The van der Waals surface area contributed by atoms with Gasteiger partial charge < -0.3 is 19.9 Å². The lowest BCUT2D eigenvalue weighted by Gasteiger charge is -2.11. The van der Waals surface area contributed by atoms with E-state index in [4.69, 9.17) is 19.9 Å². The Morgan fingerprint density at radius 3 is 2.33 bits per heavy atom. The minimum Gasteiger partial charge on any atom is -0.497 e. The third-order valence-corrected chi connectivity index (χ3v) is 3.33. The zero-order valence-electron chi connectivity index (χ0n) is 11.4. The molecule has 2 rings (SSSR count). The first-order valence-corrected chi connectivity index (χ1v) is 7.03. The summed E-state index contributed by atoms with van der Waals surface area (Å²) in [5.74, 6) is 1.34. The van der Waals surface area contributed by atoms with Gasteiger partial charge in [-0.25, -0.2) is 4.39 Å². The molecule has 112 valence electrons. The van der Waals surface area contributed by atoms with Crippen molar-refractivity contribution in [2.45, 2.75) is 0 Å². The molecule has 0 radical (unpaired) electrons. The van der Waals surface area contributed by atoms with E-state index in [-0.39, 0.29) is 6.61 Å². The van der Waals surface area contributed by atoms with Crippen LogP contribution in [0.15, 0.2) is 40.9 Å². The number of hydrogen-bond donors (Lipinski definition) is 1. The van der Waals surface area contributed by atoms with E-state index in [0.29, 0.717) is 28.3 Å². The van der Waals surface area contributed by atoms with Crippen LogP contribution < -0.4 is 19.9 Å². The molecule has 0 atom stereocenters. The molecule has 2 aromatic carbocycles. The van der Waals surface area contributed by atoms with Crippen molar-refractivity contribution in [2.75, 3.05) is 26.1 Å². The normalized spacial score (nSPS) is 10.2. The summed E-state index contributed by atoms with van der Waals surface area (Å²) in [6, 6.07) is 9.91. The SMILES string of the molecule is COc1ccc(OCCOc2cc(F)c(Br)cc2N)cc1. The lowest BCUT2D eigenvalue weighted by atomic mass is 10.3. The van der Waals surface area contributed by atoms with Crippen LogP contribution in [0.1, 0.15) is 0 Å². The standard InChI is InChI=1S/C15H15BrFNO3/c1-19-10-2-4-11(5-3-10)20-6-7-21-15-9-13(17)12(16)8-14(15)18/h2-5,8-9H,6-7,18H2,1H3. The highest BCUT2D eigenvalue weighted by molar-refractivity contribution is 9.10. The lowest BCUT2D eigenvalue weighted by Crippen LogP contribution is -2.10. The molecule has 0 fully saturated rings. The zero-order chi connectivity index (χ0) is 15.2. The van der Waals surface area contributed by atoms with Crippen LogP contribution in [0.5, 0.6) is 17.2 Å². The molecule has 2 aromatic rings. The molecule has 0 saturated carbocycles. The van der Waals surface area contributed by atoms with Crippen molar-refractivity contribution in [2.24, 2.45) is 0 Å². The second-order valence-electron chi connectivity index (χ2n) is 4.18. The Bertz CT molecular complexity index is 605. The van der Waals surface area contributed by atoms with Crippen LogP contribution >= 0.6 is 15.9 Å². The molecule has 4 nitrogen and oxygen atoms in total. The molecule has 0 bridgehead atoms. The Balaban J connectivity index is 1.83. The summed E-state index contributed by atoms with van der Waals surface area (Å²) in [4.78, 5) is 0. The van der Waals surface area contributed by atoms with E-state index in [1.54, 1.807) is 31.4 Å². The van der Waals surface area contributed by atoms with E-state index in [1.165, 1.54) is 12.1 Å². The van der Waals surface area contributed by atoms with E-state index in [2.05, 4.69) is 15.9 Å². The van der Waals surface area contributed by atoms with Gasteiger partial charge in [-0.15, -0.1) is 0 Å². The number of anilines is 1. The van der Waals surface area contributed by atoms with Crippen molar-refractivity contribution in [1.82, 2.24) is 0 Å². The van der Waals surface area contributed by atoms with Gasteiger partial charge in [0.15, 0.2) is 0 Å². The Kier molecular flexibility index (Phi) is 5.27. The molecule has 2 N–H and O–H groups in total. The molecule has 0 unspecified atom stereocenters. The van der Waals surface area contributed by atoms with Crippen LogP contribution in [0.25, 0.3) is 0 Å². The van der Waals surface area contributed by atoms with Crippen molar-refractivity contribution in [1.29, 1.82) is 0 Å². The van der Waals surface area contributed by atoms with Gasteiger partial charge in [0.05, 0.1) is 17.3 Å². The summed E-state index contributed by atoms with van der Waals surface area (Å²) in [6.07, 6.45) is 0. The van der Waals surface area contributed by atoms with Crippen molar-refractivity contribution in [3.8, 4) is 17.2 Å². The minimum atomic E-state index is -0.421. The maximum absolute atomic E-state index is 13.4. The summed E-state index contributed by atoms with van der Waals surface area (Å²) in [7, 11) is 1.60. The molecule has 0 amide bonds. The highest BCUT2D eigenvalue weighted by atomic mass is 79.9. The number of rotatable bonds is 6. The van der Waals surface area contributed by atoms with Crippen LogP contribution in [0.2, 0.25) is 0 Å². The van der Waals surface area contributed by atoms with Crippen LogP contribution in [0.4, 0.5) is 10.1 Å². The van der Waals surface area contributed by atoms with Gasteiger partial charge in [0, 0.05) is 6.07 Å². The summed E-state index contributed by atoms with van der Waals surface area (Å²) in [5.41, 5.74) is 6.11. The van der Waals surface area contributed by atoms with Crippen LogP contribution in [-0.4, -0.2) is 20.3 Å². The predicted octanol–water partition coefficient (Wildman–Crippen LogP) is 3.64. The van der Waals surface area contributed by atoms with E-state index in [0.717, 1.165) is 5.75 Å². The molecular weight excluding hydrogens is 341 g/mol. The van der Waals surface area contributed by atoms with Gasteiger partial charge >= 0.3 is 0 Å². The van der Waals surface area contributed by atoms with Crippen LogP contribution in [0.3, 0.4) is 0 Å². The van der Waals surface area contributed by atoms with Gasteiger partial charge in [-0.3, -0.25) is 0 Å². The zero-order valence-corrected chi connectivity index (χ0v) is 13.0. The number of nitrogen functional groups attached to an aromatic ring is 1. The Labute approximate surface area is 130 Å². The van der Waals surface area contributed by atoms with Gasteiger partial charge in [0.2, 0.25) is 0 Å². The van der Waals surface area contributed by atoms with Gasteiger partial charge in [-0.05, 0) is 46.3 Å². The second-order valence-corrected chi connectivity index (χ2v) is 5.03. The number of hydrogen-bond acceptors (Lipinski definition) is 4. The molecule has 0 aliphatic rings. The highest BCUT2D eigenvalue weighted by Crippen LogP contribution is 2.28. The number of benzene rings is 2. The second kappa shape index (κ2) is 7.17. The smallest absolute Gasteiger partial charge is 0.145 e. The molecule has 0 aliphatic carbocycles. The predicted molar refractivity (Wildman–Crippen MR) is 82.5 cm³/mol. The highest BCUT2D eigenvalue weighted by Gasteiger charge is 2.07. The quantitative estimate of drug-likeness (QED) is 0.634. The van der Waals surface area contributed by atoms with Crippen molar-refractivity contribution in [3.63, 3.8) is 0 Å². The van der Waals surface area contributed by atoms with Crippen LogP contribution in [0, 0.1) is 5.82 Å². The maximum Gasteiger partial charge on any atom is 0.145 e. The Morgan fingerprint density at radius 2 is 1.67 bits per heavy atom. The summed E-state index contributed by atoms with van der Waals surface area (Å²) < 4.78 is 29.6. The summed E-state index contributed by atoms with van der Waals surface area (Å²) >= 11 is 3.06. The largest absolute Gasteiger partial charge is 0.497 e. The molecule has 0 heterocycles. The Hall–Kier alpha value is -1.95. The molecule has 0 aliphatic heterocycles. The van der Waals surface area contributed by atoms with E-state index in [9.17, 15) is 4.39 Å². The topological polar surface area (TPSA) is 53.7 Å². The summed E-state index contributed by atoms with van der Waals surface area (Å²) in [5, 5.41) is 0. The van der Waals surface area contributed by atoms with Crippen molar-refractivity contribution >= 4 is 21.6 Å². The van der Waals surface area contributed by atoms with Crippen molar-refractivity contribution in [3.05, 3.63) is 46.7 Å². The van der Waals surface area contributed by atoms with Crippen molar-refractivity contribution < 1.29 is 18.6 Å². The fourth-order valence-electron chi connectivity index (χ4n) is 1.65. The Morgan fingerprint density at radius 1 is 1.05 bits per heavy atom. The fourth-order valence-corrected chi connectivity index (χ4v) is 2.01. The van der Waals surface area contributed by atoms with E-state index < -0.39 is 5.82 Å². The molecule has 0 aromatic heterocycles. The first-order chi connectivity index (χ1) is 10.1. The molecular formula is C15H15BrFNO3. The first-order valence-electron chi connectivity index (χ1n) is 6.24. The number of ether oxygens (including phenoxy) is 3. The van der Waals surface area contributed by atoms with E-state index >= 15 is 0 Å². The molecule has 6 heteroatoms. The molecule has 21 heavy (non-hydrogen) atoms. The summed E-state index contributed by atoms with van der Waals surface area (Å²) in [6.45, 7) is 0.584. The fraction of sp³-hybridized carbons (Fsp3) is 0.200. The van der Waals surface area contributed by atoms with Gasteiger partial charge in [0.1, 0.15) is 36.3 Å². The third kappa shape index (κ3) is 4.26. The maximum atomic E-state index is 13.4. The lowest BCUT2D eigenvalue weighted by molar-refractivity contribution is 0.217. The van der Waals surface area contributed by atoms with Gasteiger partial charge in [-0.1, -0.05) is 0 Å². The van der Waals surface area contributed by atoms with Gasteiger partial charge in [0.25, 0.3) is 0 Å². The number of nitrogens with two attached hydrogens (primary N) is 1. The van der Waals surface area contributed by atoms with Crippen LogP contribution in [-0.2, 0) is 0 Å². The average Bonchev–Trinajstić information content (AvgIpc) is 2.49. The third-order valence-electron chi connectivity index (χ3n) is 2.72. The number of halogens is 2. The average molecular weight is 356 g/mol. The number of methoxy groups -OCH3 is 1. The first kappa shape index (κ1) is 15.4.